The lowest BCUT2D eigenvalue weighted by Crippen LogP contribution is -2.55. The first kappa shape index (κ1) is 17.2. The van der Waals surface area contributed by atoms with E-state index in [1.54, 1.807) is 25.1 Å². The summed E-state index contributed by atoms with van der Waals surface area (Å²) in [6, 6.07) is 5.00. The number of carboxylic acid groups (broad SMARTS) is 1. The van der Waals surface area contributed by atoms with Gasteiger partial charge in [0.05, 0.1) is 17.6 Å². The zero-order valence-electron chi connectivity index (χ0n) is 13.8. The van der Waals surface area contributed by atoms with Crippen LogP contribution in [0.25, 0.3) is 0 Å². The smallest absolute Gasteiger partial charge is 0.308 e. The van der Waals surface area contributed by atoms with Crippen LogP contribution in [-0.2, 0) is 4.79 Å². The van der Waals surface area contributed by atoms with Crippen molar-refractivity contribution in [2.75, 3.05) is 0 Å². The van der Waals surface area contributed by atoms with Crippen LogP contribution in [-0.4, -0.2) is 33.6 Å². The van der Waals surface area contributed by atoms with Crippen molar-refractivity contribution in [2.24, 2.45) is 5.92 Å². The van der Waals surface area contributed by atoms with E-state index >= 15 is 0 Å². The molecular formula is C17H24N2O4. The highest BCUT2D eigenvalue weighted by Crippen LogP contribution is 2.34. The third-order valence-corrected chi connectivity index (χ3v) is 4.22. The number of nitrogens with one attached hydrogen (secondary N) is 1. The molecule has 0 aromatic carbocycles. The Morgan fingerprint density at radius 3 is 2.78 bits per heavy atom. The summed E-state index contributed by atoms with van der Waals surface area (Å²) in [6.07, 6.45) is 2.98. The maximum absolute atomic E-state index is 12.5. The summed E-state index contributed by atoms with van der Waals surface area (Å²) in [5, 5.41) is 12.3. The van der Waals surface area contributed by atoms with Crippen LogP contribution in [0.5, 0.6) is 5.88 Å². The number of rotatable bonds is 5. The molecule has 126 valence electrons. The largest absolute Gasteiger partial charge is 0.481 e. The zero-order valence-corrected chi connectivity index (χ0v) is 13.8. The monoisotopic (exact) mass is 320 g/mol. The molecule has 0 saturated heterocycles. The fourth-order valence-corrected chi connectivity index (χ4v) is 3.05. The van der Waals surface area contributed by atoms with E-state index < -0.39 is 17.4 Å². The quantitative estimate of drug-likeness (QED) is 0.870. The fourth-order valence-electron chi connectivity index (χ4n) is 3.05. The minimum Gasteiger partial charge on any atom is -0.481 e. The van der Waals surface area contributed by atoms with Gasteiger partial charge in [-0.15, -0.1) is 0 Å². The second-order valence-corrected chi connectivity index (χ2v) is 6.54. The minimum absolute atomic E-state index is 0.0342. The fraction of sp³-hybridized carbons (Fsp3) is 0.588. The summed E-state index contributed by atoms with van der Waals surface area (Å²) in [5.74, 6) is -1.42. The van der Waals surface area contributed by atoms with Gasteiger partial charge in [-0.25, -0.2) is 4.98 Å². The molecular weight excluding hydrogens is 296 g/mol. The zero-order chi connectivity index (χ0) is 17.0. The highest BCUT2D eigenvalue weighted by Gasteiger charge is 2.42. The van der Waals surface area contributed by atoms with Crippen molar-refractivity contribution in [2.45, 2.75) is 58.1 Å². The third kappa shape index (κ3) is 4.21. The van der Waals surface area contributed by atoms with Crippen molar-refractivity contribution in [3.8, 4) is 5.88 Å². The van der Waals surface area contributed by atoms with Crippen molar-refractivity contribution in [3.63, 3.8) is 0 Å². The Bertz CT molecular complexity index is 588. The molecule has 1 aromatic rings. The van der Waals surface area contributed by atoms with E-state index in [0.29, 0.717) is 18.7 Å². The van der Waals surface area contributed by atoms with Gasteiger partial charge in [0.1, 0.15) is 5.69 Å². The highest BCUT2D eigenvalue weighted by atomic mass is 16.5. The van der Waals surface area contributed by atoms with Gasteiger partial charge in [0.2, 0.25) is 5.88 Å². The molecule has 1 aliphatic carbocycles. The standard InChI is InChI=1S/C17H24N2O4/c1-11(2)23-14-9-6-8-13(18-14)15(20)19-17(3)10-5-4-7-12(17)16(21)22/h6,8-9,11-12H,4-5,7,10H2,1-3H3,(H,19,20)(H,21,22). The normalized spacial score (nSPS) is 24.3. The molecule has 2 N–H and O–H groups in total. The predicted molar refractivity (Wildman–Crippen MR) is 85.5 cm³/mol. The third-order valence-electron chi connectivity index (χ3n) is 4.22. The lowest BCUT2D eigenvalue weighted by molar-refractivity contribution is -0.145. The lowest BCUT2D eigenvalue weighted by atomic mass is 9.74. The summed E-state index contributed by atoms with van der Waals surface area (Å²) < 4.78 is 5.49. The molecule has 1 saturated carbocycles. The molecule has 1 aliphatic rings. The second-order valence-electron chi connectivity index (χ2n) is 6.54. The van der Waals surface area contributed by atoms with Crippen LogP contribution in [0.4, 0.5) is 0 Å². The molecule has 1 fully saturated rings. The summed E-state index contributed by atoms with van der Waals surface area (Å²) >= 11 is 0. The number of carbonyl (C=O) groups is 2. The molecule has 0 radical (unpaired) electrons. The average molecular weight is 320 g/mol. The van der Waals surface area contributed by atoms with Crippen LogP contribution in [0.3, 0.4) is 0 Å². The number of hydrogen-bond acceptors (Lipinski definition) is 4. The van der Waals surface area contributed by atoms with E-state index in [1.807, 2.05) is 13.8 Å². The van der Waals surface area contributed by atoms with E-state index in [9.17, 15) is 14.7 Å². The molecule has 23 heavy (non-hydrogen) atoms. The number of pyridine rings is 1. The van der Waals surface area contributed by atoms with Crippen molar-refractivity contribution in [3.05, 3.63) is 23.9 Å². The van der Waals surface area contributed by atoms with Gasteiger partial charge in [0, 0.05) is 6.07 Å². The van der Waals surface area contributed by atoms with E-state index in [4.69, 9.17) is 4.74 Å². The number of aliphatic carboxylic acids is 1. The molecule has 1 aromatic heterocycles. The van der Waals surface area contributed by atoms with Crippen molar-refractivity contribution in [1.29, 1.82) is 0 Å². The lowest BCUT2D eigenvalue weighted by Gasteiger charge is -2.39. The Balaban J connectivity index is 2.15. The number of carbonyl (C=O) groups excluding carboxylic acids is 1. The van der Waals surface area contributed by atoms with Gasteiger partial charge >= 0.3 is 5.97 Å². The SMILES string of the molecule is CC(C)Oc1cccc(C(=O)NC2(C)CCCCC2C(=O)O)n1. The van der Waals surface area contributed by atoms with E-state index in [1.165, 1.54) is 0 Å². The second kappa shape index (κ2) is 6.98. The van der Waals surface area contributed by atoms with Gasteiger partial charge in [-0.1, -0.05) is 18.9 Å². The van der Waals surface area contributed by atoms with E-state index in [-0.39, 0.29) is 17.7 Å². The van der Waals surface area contributed by atoms with Gasteiger partial charge < -0.3 is 15.2 Å². The summed E-state index contributed by atoms with van der Waals surface area (Å²) in [4.78, 5) is 28.2. The van der Waals surface area contributed by atoms with Crippen molar-refractivity contribution in [1.82, 2.24) is 10.3 Å². The maximum Gasteiger partial charge on any atom is 0.308 e. The van der Waals surface area contributed by atoms with Crippen LogP contribution in [0.2, 0.25) is 0 Å². The molecule has 6 nitrogen and oxygen atoms in total. The Morgan fingerprint density at radius 1 is 1.39 bits per heavy atom. The molecule has 1 amide bonds. The Morgan fingerprint density at radius 2 is 2.13 bits per heavy atom. The summed E-state index contributed by atoms with van der Waals surface area (Å²) in [5.41, 5.74) is -0.517. The molecule has 2 atom stereocenters. The molecule has 6 heteroatoms. The molecule has 0 aliphatic heterocycles. The maximum atomic E-state index is 12.5. The Labute approximate surface area is 136 Å². The van der Waals surface area contributed by atoms with Crippen LogP contribution < -0.4 is 10.1 Å². The predicted octanol–water partition coefficient (Wildman–Crippen LogP) is 2.63. The Hall–Kier alpha value is -2.11. The van der Waals surface area contributed by atoms with Crippen molar-refractivity contribution < 1.29 is 19.4 Å². The molecule has 1 heterocycles. The van der Waals surface area contributed by atoms with Gasteiger partial charge in [0.15, 0.2) is 0 Å². The van der Waals surface area contributed by atoms with Crippen LogP contribution >= 0.6 is 0 Å². The summed E-state index contributed by atoms with van der Waals surface area (Å²) in [7, 11) is 0. The van der Waals surface area contributed by atoms with Gasteiger partial charge in [-0.05, 0) is 39.7 Å². The van der Waals surface area contributed by atoms with Gasteiger partial charge in [-0.2, -0.15) is 0 Å². The molecule has 2 unspecified atom stereocenters. The number of carboxylic acids is 1. The molecule has 0 spiro atoms. The van der Waals surface area contributed by atoms with Crippen molar-refractivity contribution >= 4 is 11.9 Å². The number of hydrogen-bond donors (Lipinski definition) is 2. The number of aromatic nitrogens is 1. The van der Waals surface area contributed by atoms with E-state index in [0.717, 1.165) is 12.8 Å². The number of ether oxygens (including phenoxy) is 1. The van der Waals surface area contributed by atoms with Gasteiger partial charge in [-0.3, -0.25) is 9.59 Å². The average Bonchev–Trinajstić information content (AvgIpc) is 2.46. The first-order valence-corrected chi connectivity index (χ1v) is 8.01. The highest BCUT2D eigenvalue weighted by molar-refractivity contribution is 5.93. The first-order chi connectivity index (χ1) is 10.8. The molecule has 2 rings (SSSR count). The van der Waals surface area contributed by atoms with E-state index in [2.05, 4.69) is 10.3 Å². The Kier molecular flexibility index (Phi) is 5.23. The van der Waals surface area contributed by atoms with Crippen LogP contribution in [0.15, 0.2) is 18.2 Å². The van der Waals surface area contributed by atoms with Crippen LogP contribution in [0.1, 0.15) is 56.9 Å². The van der Waals surface area contributed by atoms with Gasteiger partial charge in [0.25, 0.3) is 5.91 Å². The summed E-state index contributed by atoms with van der Waals surface area (Å²) in [6.45, 7) is 5.57. The molecule has 0 bridgehead atoms. The first-order valence-electron chi connectivity index (χ1n) is 8.01. The van der Waals surface area contributed by atoms with Crippen LogP contribution in [0, 0.1) is 5.92 Å². The number of nitrogens with zero attached hydrogens (tertiary/aromatic N) is 1. The minimum atomic E-state index is -0.864. The number of amides is 1. The topological polar surface area (TPSA) is 88.5 Å².